The third-order valence-electron chi connectivity index (χ3n) is 12.1. The molecule has 0 atom stereocenters. The van der Waals surface area contributed by atoms with Crippen molar-refractivity contribution in [2.24, 2.45) is 5.41 Å². The maximum Gasteiger partial charge on any atom is 0.118 e. The van der Waals surface area contributed by atoms with Gasteiger partial charge in [0.15, 0.2) is 0 Å². The van der Waals surface area contributed by atoms with Crippen LogP contribution >= 0.6 is 0 Å². The topological polar surface area (TPSA) is 39.9 Å². The molecular weight excluding hydrogens is 987 g/mol. The van der Waals surface area contributed by atoms with Crippen LogP contribution in [-0.2, 0) is 31.9 Å². The van der Waals surface area contributed by atoms with E-state index in [1.165, 1.54) is 33.5 Å². The molecule has 3 heterocycles. The standard InChI is InChI=1S/C40H37N2O.C19H26NSi.Ir/c1-25(2)30-23-28(27-15-8-7-9-16-27)24-31(26(3)4)37(30)42-35-21-12-11-20-34(35)41-39(42)29-17-14-19-33-38(29)43-36-22-13-10-18-32(36)40(33,5)6;1-19(2,3)13-16-12-17(15-10-8-7-9-11-15)20-14-18(16)21(4,5)6;/h7-16,18-26H,1-6H3;7-10,12,14H,13H2,1-6H3;/q2*-1;/i;13D2;. The summed E-state index contributed by atoms with van der Waals surface area (Å²) >= 11 is 0. The van der Waals surface area contributed by atoms with Crippen LogP contribution in [0.4, 0.5) is 0 Å². The molecule has 6 aromatic carbocycles. The minimum absolute atomic E-state index is 0. The zero-order valence-corrected chi connectivity index (χ0v) is 43.4. The SMILES string of the molecule is CC(C)c1cc(-c2ccccc2)cc(C(C)C)c1-n1c(-c2[c-]ccc3c2Oc2ccccc2C3(C)C)nc2ccccc21.[2H]C([2H])(c1cc(-c2[c-]cccc2)ncc1[Si](C)(C)C)C(C)(C)C.[Ir]. The van der Waals surface area contributed by atoms with Crippen LogP contribution in [0.3, 0.4) is 0 Å². The Balaban J connectivity index is 0.000000236. The predicted molar refractivity (Wildman–Crippen MR) is 272 cm³/mol. The van der Waals surface area contributed by atoms with Crippen LogP contribution in [0.2, 0.25) is 19.6 Å². The van der Waals surface area contributed by atoms with Gasteiger partial charge in [0.25, 0.3) is 0 Å². The Bertz CT molecular complexity index is 3010. The summed E-state index contributed by atoms with van der Waals surface area (Å²) in [5.74, 6) is 3.16. The van der Waals surface area contributed by atoms with E-state index < -0.39 is 19.9 Å². The molecule has 0 bridgehead atoms. The Hall–Kier alpha value is -5.39. The molecule has 6 heteroatoms. The number of ether oxygens (including phenoxy) is 1. The van der Waals surface area contributed by atoms with Crippen LogP contribution in [-0.4, -0.2) is 22.6 Å². The molecule has 0 saturated heterocycles. The molecule has 335 valence electrons. The molecule has 1 radical (unpaired) electrons. The Morgan fingerprint density at radius 1 is 0.738 bits per heavy atom. The molecule has 4 nitrogen and oxygen atoms in total. The third kappa shape index (κ3) is 9.77. The van der Waals surface area contributed by atoms with Gasteiger partial charge < -0.3 is 14.3 Å². The van der Waals surface area contributed by atoms with Gasteiger partial charge in [0.2, 0.25) is 0 Å². The number of pyridine rings is 1. The van der Waals surface area contributed by atoms with Gasteiger partial charge in [-0.1, -0.05) is 165 Å². The zero-order chi connectivity index (χ0) is 47.3. The van der Waals surface area contributed by atoms with Gasteiger partial charge in [-0.25, -0.2) is 0 Å². The average Bonchev–Trinajstić information content (AvgIpc) is 3.67. The summed E-state index contributed by atoms with van der Waals surface area (Å²) < 4.78 is 26.6. The minimum Gasteiger partial charge on any atom is -0.501 e. The van der Waals surface area contributed by atoms with Crippen LogP contribution in [0.15, 0.2) is 140 Å². The molecule has 0 amide bonds. The number of para-hydroxylation sites is 3. The fourth-order valence-electron chi connectivity index (χ4n) is 8.87. The van der Waals surface area contributed by atoms with Crippen molar-refractivity contribution in [2.75, 3.05) is 0 Å². The zero-order valence-electron chi connectivity index (χ0n) is 42.0. The number of benzene rings is 6. The van der Waals surface area contributed by atoms with Gasteiger partial charge in [-0.15, -0.1) is 54.1 Å². The summed E-state index contributed by atoms with van der Waals surface area (Å²) in [6.07, 6.45) is 0.469. The monoisotopic (exact) mass is 1050 g/mol. The van der Waals surface area contributed by atoms with Crippen LogP contribution in [0.1, 0.15) is 105 Å². The minimum atomic E-state index is -1.70. The van der Waals surface area contributed by atoms with Crippen LogP contribution in [0.5, 0.6) is 11.5 Å². The molecule has 0 N–H and O–H groups in total. The van der Waals surface area contributed by atoms with Gasteiger partial charge in [0, 0.05) is 51.5 Å². The van der Waals surface area contributed by atoms with Crippen molar-refractivity contribution in [3.63, 3.8) is 0 Å². The Morgan fingerprint density at radius 2 is 1.38 bits per heavy atom. The summed E-state index contributed by atoms with van der Waals surface area (Å²) in [6.45, 7) is 26.3. The van der Waals surface area contributed by atoms with E-state index in [9.17, 15) is 0 Å². The average molecular weight is 1050 g/mol. The summed E-state index contributed by atoms with van der Waals surface area (Å²) in [4.78, 5) is 9.91. The van der Waals surface area contributed by atoms with Crippen molar-refractivity contribution in [3.05, 3.63) is 180 Å². The summed E-state index contributed by atoms with van der Waals surface area (Å²) in [5, 5.41) is 1.09. The second kappa shape index (κ2) is 18.8. The fraction of sp³-hybridized carbons (Fsp3) is 0.288. The number of aromatic nitrogens is 3. The molecule has 2 aromatic heterocycles. The van der Waals surface area contributed by atoms with Crippen molar-refractivity contribution in [1.29, 1.82) is 0 Å². The van der Waals surface area contributed by atoms with Crippen molar-refractivity contribution < 1.29 is 27.6 Å². The normalized spacial score (nSPS) is 13.8. The van der Waals surface area contributed by atoms with E-state index in [1.54, 1.807) is 0 Å². The third-order valence-corrected chi connectivity index (χ3v) is 14.1. The van der Waals surface area contributed by atoms with Crippen molar-refractivity contribution in [3.8, 4) is 51.0 Å². The number of hydrogen-bond acceptors (Lipinski definition) is 3. The number of hydrogen-bond donors (Lipinski definition) is 0. The van der Waals surface area contributed by atoms with Gasteiger partial charge >= 0.3 is 0 Å². The van der Waals surface area contributed by atoms with Crippen molar-refractivity contribution >= 4 is 24.3 Å². The van der Waals surface area contributed by atoms with Gasteiger partial charge in [0.05, 0.1) is 24.9 Å². The second-order valence-electron chi connectivity index (χ2n) is 20.3. The first-order valence-electron chi connectivity index (χ1n) is 23.7. The van der Waals surface area contributed by atoms with E-state index in [0.29, 0.717) is 11.8 Å². The quantitative estimate of drug-likeness (QED) is 0.112. The molecule has 65 heavy (non-hydrogen) atoms. The van der Waals surface area contributed by atoms with Crippen LogP contribution in [0, 0.1) is 17.5 Å². The van der Waals surface area contributed by atoms with Gasteiger partial charge in [0.1, 0.15) is 5.75 Å². The number of fused-ring (bicyclic) bond motifs is 3. The number of nitrogens with zero attached hydrogens (tertiary/aromatic N) is 3. The van der Waals surface area contributed by atoms with E-state index in [4.69, 9.17) is 12.5 Å². The summed E-state index contributed by atoms with van der Waals surface area (Å²) in [5.41, 5.74) is 13.3. The van der Waals surface area contributed by atoms with Gasteiger partial charge in [-0.3, -0.25) is 4.98 Å². The molecular formula is C59H63IrN3OSi-2. The summed E-state index contributed by atoms with van der Waals surface area (Å²) in [6, 6.07) is 52.9. The van der Waals surface area contributed by atoms with E-state index in [1.807, 2.05) is 69.4 Å². The maximum absolute atomic E-state index is 8.75. The predicted octanol–water partition coefficient (Wildman–Crippen LogP) is 15.5. The second-order valence-corrected chi connectivity index (χ2v) is 25.3. The number of imidazole rings is 1. The Kier molecular flexibility index (Phi) is 13.0. The largest absolute Gasteiger partial charge is 0.501 e. The van der Waals surface area contributed by atoms with Crippen molar-refractivity contribution in [1.82, 2.24) is 14.5 Å². The van der Waals surface area contributed by atoms with Crippen LogP contribution in [0.25, 0.3) is 50.5 Å². The number of rotatable bonds is 8. The molecule has 0 saturated carbocycles. The molecule has 0 spiro atoms. The first kappa shape index (κ1) is 44.8. The van der Waals surface area contributed by atoms with Crippen molar-refractivity contribution in [2.45, 2.75) is 106 Å². The first-order valence-corrected chi connectivity index (χ1v) is 26.2. The molecule has 0 unspecified atom stereocenters. The van der Waals surface area contributed by atoms with Gasteiger partial charge in [-0.05, 0) is 87.1 Å². The molecule has 8 aromatic rings. The maximum atomic E-state index is 8.75. The van der Waals surface area contributed by atoms with Crippen LogP contribution < -0.4 is 9.92 Å². The van der Waals surface area contributed by atoms with E-state index in [2.05, 4.69) is 174 Å². The van der Waals surface area contributed by atoms with E-state index in [-0.39, 0.29) is 25.5 Å². The summed E-state index contributed by atoms with van der Waals surface area (Å²) in [7, 11) is -1.70. The molecule has 0 aliphatic carbocycles. The molecule has 9 rings (SSSR count). The van der Waals surface area contributed by atoms with E-state index >= 15 is 0 Å². The molecule has 1 aliphatic heterocycles. The van der Waals surface area contributed by atoms with Gasteiger partial charge in [-0.2, -0.15) is 0 Å². The first-order chi connectivity index (χ1) is 31.2. The Labute approximate surface area is 405 Å². The molecule has 1 aliphatic rings. The smallest absolute Gasteiger partial charge is 0.118 e. The van der Waals surface area contributed by atoms with E-state index in [0.717, 1.165) is 61.5 Å². The fourth-order valence-corrected chi connectivity index (χ4v) is 10.3. The molecule has 0 fully saturated rings. The Morgan fingerprint density at radius 3 is 2.03 bits per heavy atom.